The van der Waals surface area contributed by atoms with Gasteiger partial charge in [0.15, 0.2) is 0 Å². The monoisotopic (exact) mass is 265 g/mol. The quantitative estimate of drug-likeness (QED) is 0.837. The third-order valence-electron chi connectivity index (χ3n) is 3.50. The van der Waals surface area contributed by atoms with Crippen LogP contribution in [0.4, 0.5) is 5.69 Å². The summed E-state index contributed by atoms with van der Waals surface area (Å²) in [5, 5.41) is 0. The van der Waals surface area contributed by atoms with Crippen molar-refractivity contribution in [3.05, 3.63) is 17.7 Å². The lowest BCUT2D eigenvalue weighted by molar-refractivity contribution is 0.122. The topological polar surface area (TPSA) is 30.9 Å². The third-order valence-corrected chi connectivity index (χ3v) is 3.50. The number of rotatable bonds is 4. The molecule has 0 spiro atoms. The van der Waals surface area contributed by atoms with Crippen molar-refractivity contribution in [3.8, 4) is 11.5 Å². The molecular weight excluding hydrogens is 242 g/mol. The van der Waals surface area contributed by atoms with Crippen LogP contribution >= 0.6 is 0 Å². The van der Waals surface area contributed by atoms with E-state index in [4.69, 9.17) is 14.2 Å². The van der Waals surface area contributed by atoms with Gasteiger partial charge >= 0.3 is 0 Å². The lowest BCUT2D eigenvalue weighted by Crippen LogP contribution is -2.36. The zero-order valence-electron chi connectivity index (χ0n) is 12.2. The van der Waals surface area contributed by atoms with Crippen LogP contribution in [-0.2, 0) is 4.74 Å². The molecule has 0 bridgehead atoms. The van der Waals surface area contributed by atoms with E-state index in [1.807, 2.05) is 0 Å². The van der Waals surface area contributed by atoms with E-state index in [1.54, 1.807) is 14.2 Å². The van der Waals surface area contributed by atoms with Crippen molar-refractivity contribution in [2.24, 2.45) is 0 Å². The van der Waals surface area contributed by atoms with Crippen LogP contribution in [0, 0.1) is 0 Å². The summed E-state index contributed by atoms with van der Waals surface area (Å²) in [7, 11) is 3.44. The predicted molar refractivity (Wildman–Crippen MR) is 76.7 cm³/mol. The highest BCUT2D eigenvalue weighted by Gasteiger charge is 2.19. The van der Waals surface area contributed by atoms with Gasteiger partial charge in [0, 0.05) is 24.7 Å². The molecule has 0 atom stereocenters. The summed E-state index contributed by atoms with van der Waals surface area (Å²) in [6.07, 6.45) is 0. The van der Waals surface area contributed by atoms with Crippen LogP contribution in [0.25, 0.3) is 0 Å². The standard InChI is InChI=1S/C15H23NO3/c1-11(2)12-9-15(18-4)13(10-14(12)17-3)16-5-7-19-8-6-16/h9-11H,5-8H2,1-4H3. The minimum atomic E-state index is 0.405. The van der Waals surface area contributed by atoms with Crippen molar-refractivity contribution >= 4 is 5.69 Å². The van der Waals surface area contributed by atoms with Crippen LogP contribution in [-0.4, -0.2) is 40.5 Å². The first-order valence-electron chi connectivity index (χ1n) is 6.76. The molecule has 2 rings (SSSR count). The van der Waals surface area contributed by atoms with Crippen LogP contribution in [0.1, 0.15) is 25.3 Å². The summed E-state index contributed by atoms with van der Waals surface area (Å²) in [6.45, 7) is 7.62. The minimum absolute atomic E-state index is 0.405. The average molecular weight is 265 g/mol. The summed E-state index contributed by atoms with van der Waals surface area (Å²) < 4.78 is 16.5. The number of morpholine rings is 1. The zero-order chi connectivity index (χ0) is 13.8. The lowest BCUT2D eigenvalue weighted by Gasteiger charge is -2.31. The molecule has 0 aromatic heterocycles. The Kier molecular flexibility index (Phi) is 4.53. The van der Waals surface area contributed by atoms with Gasteiger partial charge in [0.25, 0.3) is 0 Å². The van der Waals surface area contributed by atoms with Crippen LogP contribution in [0.15, 0.2) is 12.1 Å². The van der Waals surface area contributed by atoms with Gasteiger partial charge in [-0.3, -0.25) is 0 Å². The number of ether oxygens (including phenoxy) is 3. The molecule has 0 N–H and O–H groups in total. The Bertz CT molecular complexity index is 426. The fourth-order valence-electron chi connectivity index (χ4n) is 2.41. The van der Waals surface area contributed by atoms with Gasteiger partial charge in [0.05, 0.1) is 33.1 Å². The molecule has 1 fully saturated rings. The summed E-state index contributed by atoms with van der Waals surface area (Å²) in [6, 6.07) is 4.17. The molecule has 1 aliphatic rings. The number of nitrogens with zero attached hydrogens (tertiary/aromatic N) is 1. The van der Waals surface area contributed by atoms with Crippen LogP contribution in [0.3, 0.4) is 0 Å². The minimum Gasteiger partial charge on any atom is -0.496 e. The zero-order valence-corrected chi connectivity index (χ0v) is 12.2. The van der Waals surface area contributed by atoms with E-state index in [2.05, 4.69) is 30.9 Å². The molecule has 0 radical (unpaired) electrons. The smallest absolute Gasteiger partial charge is 0.142 e. The molecular formula is C15H23NO3. The fourth-order valence-corrected chi connectivity index (χ4v) is 2.41. The molecule has 1 saturated heterocycles. The van der Waals surface area contributed by atoms with Crippen LogP contribution in [0.2, 0.25) is 0 Å². The molecule has 1 aliphatic heterocycles. The Morgan fingerprint density at radius 3 is 2.21 bits per heavy atom. The van der Waals surface area contributed by atoms with Crippen molar-refractivity contribution < 1.29 is 14.2 Å². The van der Waals surface area contributed by atoms with Gasteiger partial charge in [0.2, 0.25) is 0 Å². The summed E-state index contributed by atoms with van der Waals surface area (Å²) >= 11 is 0. The van der Waals surface area contributed by atoms with Gasteiger partial charge in [-0.15, -0.1) is 0 Å². The molecule has 1 heterocycles. The summed E-state index contributed by atoms with van der Waals surface area (Å²) in [5.41, 5.74) is 2.27. The molecule has 19 heavy (non-hydrogen) atoms. The van der Waals surface area contributed by atoms with Crippen molar-refractivity contribution in [3.63, 3.8) is 0 Å². The summed E-state index contributed by atoms with van der Waals surface area (Å²) in [5.74, 6) is 2.24. The van der Waals surface area contributed by atoms with Gasteiger partial charge in [0.1, 0.15) is 11.5 Å². The molecule has 1 aromatic carbocycles. The number of benzene rings is 1. The molecule has 0 unspecified atom stereocenters. The molecule has 0 aliphatic carbocycles. The first kappa shape index (κ1) is 14.0. The van der Waals surface area contributed by atoms with E-state index in [9.17, 15) is 0 Å². The Hall–Kier alpha value is -1.42. The van der Waals surface area contributed by atoms with Crippen LogP contribution in [0.5, 0.6) is 11.5 Å². The van der Waals surface area contributed by atoms with E-state index in [0.717, 1.165) is 43.5 Å². The van der Waals surface area contributed by atoms with E-state index in [-0.39, 0.29) is 0 Å². The highest BCUT2D eigenvalue weighted by atomic mass is 16.5. The van der Waals surface area contributed by atoms with Crippen molar-refractivity contribution in [2.45, 2.75) is 19.8 Å². The maximum atomic E-state index is 5.55. The molecule has 4 nitrogen and oxygen atoms in total. The molecule has 4 heteroatoms. The maximum absolute atomic E-state index is 5.55. The molecule has 0 saturated carbocycles. The Morgan fingerprint density at radius 2 is 1.68 bits per heavy atom. The largest absolute Gasteiger partial charge is 0.496 e. The second-order valence-electron chi connectivity index (χ2n) is 5.02. The highest BCUT2D eigenvalue weighted by molar-refractivity contribution is 5.64. The number of hydrogen-bond acceptors (Lipinski definition) is 4. The Balaban J connectivity index is 2.41. The number of hydrogen-bond donors (Lipinski definition) is 0. The number of methoxy groups -OCH3 is 2. The first-order valence-corrected chi connectivity index (χ1v) is 6.76. The van der Waals surface area contributed by atoms with E-state index in [0.29, 0.717) is 5.92 Å². The van der Waals surface area contributed by atoms with Crippen molar-refractivity contribution in [2.75, 3.05) is 45.4 Å². The highest BCUT2D eigenvalue weighted by Crippen LogP contribution is 2.38. The lowest BCUT2D eigenvalue weighted by atomic mass is 10.0. The van der Waals surface area contributed by atoms with Crippen LogP contribution < -0.4 is 14.4 Å². The molecule has 0 amide bonds. The van der Waals surface area contributed by atoms with E-state index >= 15 is 0 Å². The van der Waals surface area contributed by atoms with Gasteiger partial charge in [-0.25, -0.2) is 0 Å². The van der Waals surface area contributed by atoms with Gasteiger partial charge < -0.3 is 19.1 Å². The number of anilines is 1. The Labute approximate surface area is 115 Å². The summed E-state index contributed by atoms with van der Waals surface area (Å²) in [4.78, 5) is 2.29. The predicted octanol–water partition coefficient (Wildman–Crippen LogP) is 2.66. The fraction of sp³-hybridized carbons (Fsp3) is 0.600. The first-order chi connectivity index (χ1) is 9.17. The van der Waals surface area contributed by atoms with E-state index in [1.165, 1.54) is 5.56 Å². The maximum Gasteiger partial charge on any atom is 0.142 e. The molecule has 1 aromatic rings. The van der Waals surface area contributed by atoms with E-state index < -0.39 is 0 Å². The van der Waals surface area contributed by atoms with Gasteiger partial charge in [-0.2, -0.15) is 0 Å². The second-order valence-corrected chi connectivity index (χ2v) is 5.02. The third kappa shape index (κ3) is 2.95. The van der Waals surface area contributed by atoms with Crippen molar-refractivity contribution in [1.29, 1.82) is 0 Å². The average Bonchev–Trinajstić information content (AvgIpc) is 2.46. The normalized spacial score (nSPS) is 15.7. The van der Waals surface area contributed by atoms with Gasteiger partial charge in [-0.05, 0) is 12.0 Å². The SMILES string of the molecule is COc1cc(N2CCOCC2)c(OC)cc1C(C)C. The Morgan fingerprint density at radius 1 is 1.05 bits per heavy atom. The van der Waals surface area contributed by atoms with Crippen molar-refractivity contribution in [1.82, 2.24) is 0 Å². The molecule has 106 valence electrons. The second kappa shape index (κ2) is 6.15. The van der Waals surface area contributed by atoms with Gasteiger partial charge in [-0.1, -0.05) is 13.8 Å².